The molecule has 2 atom stereocenters. The molecular weight excluding hydrogens is 198 g/mol. The maximum atomic E-state index is 5.80. The van der Waals surface area contributed by atoms with E-state index in [4.69, 9.17) is 10.3 Å². The van der Waals surface area contributed by atoms with Gasteiger partial charge in [-0.05, 0) is 25.0 Å². The first-order chi connectivity index (χ1) is 6.81. The Balaban J connectivity index is 2.08. The Morgan fingerprint density at radius 1 is 1.71 bits per heavy atom. The molecule has 1 saturated heterocycles. The molecule has 4 nitrogen and oxygen atoms in total. The van der Waals surface area contributed by atoms with Gasteiger partial charge in [0, 0.05) is 0 Å². The Morgan fingerprint density at radius 2 is 2.57 bits per heavy atom. The molecule has 14 heavy (non-hydrogen) atoms. The van der Waals surface area contributed by atoms with Crippen LogP contribution in [0.25, 0.3) is 0 Å². The minimum Gasteiger partial charge on any atom is -0.338 e. The standard InChI is InChI=1S/C9H15N3OS/c1-2-6(10)9-11-8(12-13-9)7-4-3-5-14-7/h6-7H,2-5,10H2,1H3. The molecule has 1 fully saturated rings. The van der Waals surface area contributed by atoms with Crippen LogP contribution in [0.5, 0.6) is 0 Å². The molecule has 0 aromatic carbocycles. The summed E-state index contributed by atoms with van der Waals surface area (Å²) in [4.78, 5) is 4.34. The molecule has 78 valence electrons. The lowest BCUT2D eigenvalue weighted by atomic mass is 10.2. The molecule has 5 heteroatoms. The van der Waals surface area contributed by atoms with E-state index in [0.717, 1.165) is 18.7 Å². The lowest BCUT2D eigenvalue weighted by molar-refractivity contribution is 0.348. The first-order valence-corrected chi connectivity index (χ1v) is 6.06. The lowest BCUT2D eigenvalue weighted by Gasteiger charge is -2.01. The SMILES string of the molecule is CCC(N)c1nc(C2CCCS2)no1. The van der Waals surface area contributed by atoms with Crippen molar-refractivity contribution in [3.8, 4) is 0 Å². The molecule has 1 aliphatic heterocycles. The van der Waals surface area contributed by atoms with Gasteiger partial charge in [0.1, 0.15) is 0 Å². The average Bonchev–Trinajstić information content (AvgIpc) is 2.86. The summed E-state index contributed by atoms with van der Waals surface area (Å²) in [6.07, 6.45) is 3.24. The number of nitrogens with two attached hydrogens (primary N) is 1. The maximum Gasteiger partial charge on any atom is 0.243 e. The van der Waals surface area contributed by atoms with Gasteiger partial charge < -0.3 is 10.3 Å². The van der Waals surface area contributed by atoms with Gasteiger partial charge in [0.25, 0.3) is 0 Å². The van der Waals surface area contributed by atoms with Gasteiger partial charge >= 0.3 is 0 Å². The Bertz CT molecular complexity index is 296. The second-order valence-corrected chi connectivity index (χ2v) is 4.82. The van der Waals surface area contributed by atoms with Gasteiger partial charge in [-0.25, -0.2) is 0 Å². The van der Waals surface area contributed by atoms with Gasteiger partial charge in [-0.15, -0.1) is 0 Å². The molecule has 0 spiro atoms. The van der Waals surface area contributed by atoms with E-state index >= 15 is 0 Å². The minimum absolute atomic E-state index is 0.109. The highest BCUT2D eigenvalue weighted by atomic mass is 32.2. The van der Waals surface area contributed by atoms with E-state index in [9.17, 15) is 0 Å². The van der Waals surface area contributed by atoms with Gasteiger partial charge in [-0.1, -0.05) is 12.1 Å². The molecule has 2 N–H and O–H groups in total. The fraction of sp³-hybridized carbons (Fsp3) is 0.778. The van der Waals surface area contributed by atoms with E-state index in [-0.39, 0.29) is 6.04 Å². The van der Waals surface area contributed by atoms with Crippen LogP contribution in [0.1, 0.15) is 49.2 Å². The van der Waals surface area contributed by atoms with Crippen molar-refractivity contribution in [1.29, 1.82) is 0 Å². The first kappa shape index (κ1) is 9.98. The van der Waals surface area contributed by atoms with Crippen molar-refractivity contribution in [3.63, 3.8) is 0 Å². The molecule has 0 aliphatic carbocycles. The fourth-order valence-corrected chi connectivity index (χ4v) is 2.68. The van der Waals surface area contributed by atoms with Crippen molar-refractivity contribution in [2.75, 3.05) is 5.75 Å². The summed E-state index contributed by atoms with van der Waals surface area (Å²) in [6, 6.07) is -0.109. The van der Waals surface area contributed by atoms with E-state index in [1.807, 2.05) is 18.7 Å². The summed E-state index contributed by atoms with van der Waals surface area (Å²) in [6.45, 7) is 2.01. The zero-order valence-electron chi connectivity index (χ0n) is 8.27. The highest BCUT2D eigenvalue weighted by molar-refractivity contribution is 7.99. The van der Waals surface area contributed by atoms with Crippen molar-refractivity contribution in [2.45, 2.75) is 37.5 Å². The Kier molecular flexibility index (Phi) is 3.08. The number of hydrogen-bond acceptors (Lipinski definition) is 5. The van der Waals surface area contributed by atoms with Crippen LogP contribution in [0.4, 0.5) is 0 Å². The molecule has 2 heterocycles. The summed E-state index contributed by atoms with van der Waals surface area (Å²) >= 11 is 1.90. The van der Waals surface area contributed by atoms with Gasteiger partial charge in [0.05, 0.1) is 11.3 Å². The summed E-state index contributed by atoms with van der Waals surface area (Å²) < 4.78 is 5.13. The summed E-state index contributed by atoms with van der Waals surface area (Å²) in [5.41, 5.74) is 5.80. The van der Waals surface area contributed by atoms with E-state index in [1.165, 1.54) is 12.2 Å². The van der Waals surface area contributed by atoms with Gasteiger partial charge in [0.2, 0.25) is 5.89 Å². The van der Waals surface area contributed by atoms with E-state index in [0.29, 0.717) is 11.1 Å². The van der Waals surface area contributed by atoms with Crippen LogP contribution in [0.15, 0.2) is 4.52 Å². The number of rotatable bonds is 3. The maximum absolute atomic E-state index is 5.80. The number of aromatic nitrogens is 2. The molecule has 2 unspecified atom stereocenters. The zero-order chi connectivity index (χ0) is 9.97. The first-order valence-electron chi connectivity index (χ1n) is 5.02. The second-order valence-electron chi connectivity index (χ2n) is 3.51. The molecule has 2 rings (SSSR count). The summed E-state index contributed by atoms with van der Waals surface area (Å²) in [7, 11) is 0. The fourth-order valence-electron chi connectivity index (χ4n) is 1.48. The van der Waals surface area contributed by atoms with Crippen LogP contribution < -0.4 is 5.73 Å². The Labute approximate surface area is 87.6 Å². The van der Waals surface area contributed by atoms with Gasteiger partial charge in [-0.3, -0.25) is 0 Å². The van der Waals surface area contributed by atoms with Crippen molar-refractivity contribution in [3.05, 3.63) is 11.7 Å². The highest BCUT2D eigenvalue weighted by Crippen LogP contribution is 2.38. The largest absolute Gasteiger partial charge is 0.338 e. The third-order valence-corrected chi connectivity index (χ3v) is 3.81. The average molecular weight is 213 g/mol. The smallest absolute Gasteiger partial charge is 0.243 e. The van der Waals surface area contributed by atoms with E-state index < -0.39 is 0 Å². The predicted molar refractivity (Wildman–Crippen MR) is 56.0 cm³/mol. The second kappa shape index (κ2) is 4.31. The monoisotopic (exact) mass is 213 g/mol. The van der Waals surface area contributed by atoms with Crippen LogP contribution >= 0.6 is 11.8 Å². The highest BCUT2D eigenvalue weighted by Gasteiger charge is 2.23. The summed E-state index contributed by atoms with van der Waals surface area (Å²) in [5, 5.41) is 4.41. The Morgan fingerprint density at radius 3 is 3.21 bits per heavy atom. The van der Waals surface area contributed by atoms with Crippen molar-refractivity contribution < 1.29 is 4.52 Å². The van der Waals surface area contributed by atoms with Gasteiger partial charge in [-0.2, -0.15) is 16.7 Å². The number of hydrogen-bond donors (Lipinski definition) is 1. The van der Waals surface area contributed by atoms with E-state index in [1.54, 1.807) is 0 Å². The quantitative estimate of drug-likeness (QED) is 0.832. The Hall–Kier alpha value is -0.550. The van der Waals surface area contributed by atoms with Crippen molar-refractivity contribution in [1.82, 2.24) is 10.1 Å². The van der Waals surface area contributed by atoms with Crippen LogP contribution in [-0.2, 0) is 0 Å². The molecule has 0 bridgehead atoms. The molecular formula is C9H15N3OS. The van der Waals surface area contributed by atoms with Crippen molar-refractivity contribution >= 4 is 11.8 Å². The summed E-state index contributed by atoms with van der Waals surface area (Å²) in [5.74, 6) is 2.61. The van der Waals surface area contributed by atoms with Crippen LogP contribution in [0.2, 0.25) is 0 Å². The number of nitrogens with zero attached hydrogens (tertiary/aromatic N) is 2. The third-order valence-electron chi connectivity index (χ3n) is 2.43. The van der Waals surface area contributed by atoms with Gasteiger partial charge in [0.15, 0.2) is 5.82 Å². The minimum atomic E-state index is -0.109. The van der Waals surface area contributed by atoms with Crippen LogP contribution in [0, 0.1) is 0 Å². The molecule has 0 saturated carbocycles. The molecule has 1 aliphatic rings. The van der Waals surface area contributed by atoms with Crippen molar-refractivity contribution in [2.24, 2.45) is 5.73 Å². The topological polar surface area (TPSA) is 64.9 Å². The van der Waals surface area contributed by atoms with Crippen LogP contribution in [-0.4, -0.2) is 15.9 Å². The lowest BCUT2D eigenvalue weighted by Crippen LogP contribution is -2.09. The third kappa shape index (κ3) is 1.93. The molecule has 0 radical (unpaired) electrons. The normalized spacial score (nSPS) is 24.0. The molecule has 1 aromatic rings. The molecule has 0 amide bonds. The molecule has 1 aromatic heterocycles. The number of thioether (sulfide) groups is 1. The predicted octanol–water partition coefficient (Wildman–Crippen LogP) is 2.05. The van der Waals surface area contributed by atoms with Crippen LogP contribution in [0.3, 0.4) is 0 Å². The zero-order valence-corrected chi connectivity index (χ0v) is 9.09. The van der Waals surface area contributed by atoms with E-state index in [2.05, 4.69) is 10.1 Å².